The Balaban J connectivity index is 1.96. The molecule has 4 heteroatoms. The summed E-state index contributed by atoms with van der Waals surface area (Å²) in [6.45, 7) is 1.92. The number of nitrogens with zero attached hydrogens (tertiary/aromatic N) is 2. The highest BCUT2D eigenvalue weighted by molar-refractivity contribution is 8.00. The van der Waals surface area contributed by atoms with Crippen molar-refractivity contribution >= 4 is 17.5 Å². The number of carbonyl (C=O) groups is 1. The lowest BCUT2D eigenvalue weighted by atomic mass is 10.0. The SMILES string of the molecule is Cc1ccnc(S[C@@H](C(=O)c2ccccc2)c2ccccc2)n1. The Hall–Kier alpha value is -2.46. The predicted molar refractivity (Wildman–Crippen MR) is 92.6 cm³/mol. The van der Waals surface area contributed by atoms with Crippen molar-refractivity contribution in [2.45, 2.75) is 17.3 Å². The Bertz CT molecular complexity index is 791. The van der Waals surface area contributed by atoms with Gasteiger partial charge in [0.25, 0.3) is 0 Å². The Morgan fingerprint density at radius 3 is 2.26 bits per heavy atom. The van der Waals surface area contributed by atoms with E-state index in [9.17, 15) is 4.79 Å². The molecule has 0 fully saturated rings. The van der Waals surface area contributed by atoms with E-state index in [1.54, 1.807) is 6.20 Å². The van der Waals surface area contributed by atoms with Gasteiger partial charge in [-0.15, -0.1) is 0 Å². The van der Waals surface area contributed by atoms with Gasteiger partial charge in [0.2, 0.25) is 0 Å². The Morgan fingerprint density at radius 2 is 1.61 bits per heavy atom. The fourth-order valence-electron chi connectivity index (χ4n) is 2.24. The van der Waals surface area contributed by atoms with Gasteiger partial charge in [0.1, 0.15) is 5.25 Å². The van der Waals surface area contributed by atoms with Crippen molar-refractivity contribution in [3.05, 3.63) is 89.7 Å². The van der Waals surface area contributed by atoms with Gasteiger partial charge >= 0.3 is 0 Å². The maximum atomic E-state index is 13.0. The third-order valence-corrected chi connectivity index (χ3v) is 4.52. The fraction of sp³-hybridized carbons (Fsp3) is 0.105. The molecule has 0 unspecified atom stereocenters. The minimum Gasteiger partial charge on any atom is -0.293 e. The minimum atomic E-state index is -0.361. The van der Waals surface area contributed by atoms with Crippen LogP contribution in [-0.4, -0.2) is 15.8 Å². The predicted octanol–water partition coefficient (Wildman–Crippen LogP) is 4.50. The number of benzene rings is 2. The average Bonchev–Trinajstić information content (AvgIpc) is 2.61. The van der Waals surface area contributed by atoms with Crippen molar-refractivity contribution in [1.82, 2.24) is 9.97 Å². The number of aromatic nitrogens is 2. The summed E-state index contributed by atoms with van der Waals surface area (Å²) in [5.74, 6) is 0.0620. The quantitative estimate of drug-likeness (QED) is 0.394. The van der Waals surface area contributed by atoms with Crippen LogP contribution in [0.15, 0.2) is 78.1 Å². The zero-order chi connectivity index (χ0) is 16.1. The van der Waals surface area contributed by atoms with E-state index in [2.05, 4.69) is 9.97 Å². The molecule has 2 aromatic carbocycles. The van der Waals surface area contributed by atoms with Gasteiger partial charge in [0.05, 0.1) is 0 Å². The normalized spacial score (nSPS) is 11.9. The molecular weight excluding hydrogens is 304 g/mol. The van der Waals surface area contributed by atoms with Gasteiger partial charge in [-0.3, -0.25) is 4.79 Å². The van der Waals surface area contributed by atoms with Crippen LogP contribution in [0.4, 0.5) is 0 Å². The van der Waals surface area contributed by atoms with E-state index in [0.717, 1.165) is 11.3 Å². The van der Waals surface area contributed by atoms with E-state index >= 15 is 0 Å². The molecule has 0 saturated heterocycles. The van der Waals surface area contributed by atoms with Gasteiger partial charge in [-0.2, -0.15) is 0 Å². The summed E-state index contributed by atoms with van der Waals surface area (Å²) in [6, 6.07) is 21.0. The van der Waals surface area contributed by atoms with E-state index in [1.165, 1.54) is 11.8 Å². The number of thioether (sulfide) groups is 1. The van der Waals surface area contributed by atoms with Crippen molar-refractivity contribution in [3.8, 4) is 0 Å². The molecule has 0 spiro atoms. The second kappa shape index (κ2) is 7.20. The summed E-state index contributed by atoms with van der Waals surface area (Å²) in [6.07, 6.45) is 1.72. The topological polar surface area (TPSA) is 42.9 Å². The van der Waals surface area contributed by atoms with Crippen LogP contribution in [0.5, 0.6) is 0 Å². The van der Waals surface area contributed by atoms with E-state index in [0.29, 0.717) is 10.7 Å². The summed E-state index contributed by atoms with van der Waals surface area (Å²) in [4.78, 5) is 21.7. The first-order valence-corrected chi connectivity index (χ1v) is 8.22. The molecule has 3 aromatic rings. The molecule has 114 valence electrons. The fourth-order valence-corrected chi connectivity index (χ4v) is 3.31. The lowest BCUT2D eigenvalue weighted by Gasteiger charge is -2.15. The van der Waals surface area contributed by atoms with E-state index in [-0.39, 0.29) is 11.0 Å². The van der Waals surface area contributed by atoms with Crippen LogP contribution >= 0.6 is 11.8 Å². The maximum Gasteiger partial charge on any atom is 0.188 e. The lowest BCUT2D eigenvalue weighted by Crippen LogP contribution is -2.10. The Labute approximate surface area is 139 Å². The molecule has 0 radical (unpaired) electrons. The summed E-state index contributed by atoms with van der Waals surface area (Å²) >= 11 is 1.39. The molecule has 1 atom stereocenters. The monoisotopic (exact) mass is 320 g/mol. The highest BCUT2D eigenvalue weighted by atomic mass is 32.2. The molecule has 0 saturated carbocycles. The third kappa shape index (κ3) is 3.85. The highest BCUT2D eigenvalue weighted by Crippen LogP contribution is 2.36. The van der Waals surface area contributed by atoms with Gasteiger partial charge in [-0.1, -0.05) is 72.4 Å². The Morgan fingerprint density at radius 1 is 0.957 bits per heavy atom. The standard InChI is InChI=1S/C19H16N2OS/c1-14-12-13-20-19(21-14)23-18(16-10-6-3-7-11-16)17(22)15-8-4-2-5-9-15/h2-13,18H,1H3/t18-/m1/s1. The number of aryl methyl sites for hydroxylation is 1. The van der Waals surface area contributed by atoms with Crippen molar-refractivity contribution < 1.29 is 4.79 Å². The van der Waals surface area contributed by atoms with Crippen LogP contribution in [0.2, 0.25) is 0 Å². The number of carbonyl (C=O) groups excluding carboxylic acids is 1. The molecule has 0 aliphatic carbocycles. The van der Waals surface area contributed by atoms with Crippen molar-refractivity contribution in [2.75, 3.05) is 0 Å². The number of ketones is 1. The third-order valence-electron chi connectivity index (χ3n) is 3.39. The number of Topliss-reactive ketones (excluding diaryl/α,β-unsaturated/α-hetero) is 1. The van der Waals surface area contributed by atoms with E-state index < -0.39 is 0 Å². The summed E-state index contributed by atoms with van der Waals surface area (Å²) in [5.41, 5.74) is 2.54. The molecule has 23 heavy (non-hydrogen) atoms. The van der Waals surface area contributed by atoms with Crippen molar-refractivity contribution in [2.24, 2.45) is 0 Å². The first kappa shape index (κ1) is 15.4. The van der Waals surface area contributed by atoms with Crippen LogP contribution < -0.4 is 0 Å². The van der Waals surface area contributed by atoms with Crippen LogP contribution in [0.25, 0.3) is 0 Å². The molecule has 3 nitrogen and oxygen atoms in total. The van der Waals surface area contributed by atoms with Crippen LogP contribution in [0.1, 0.15) is 26.9 Å². The largest absolute Gasteiger partial charge is 0.293 e. The summed E-state index contributed by atoms with van der Waals surface area (Å²) in [7, 11) is 0. The molecule has 0 amide bonds. The van der Waals surface area contributed by atoms with Crippen molar-refractivity contribution in [3.63, 3.8) is 0 Å². The molecule has 3 rings (SSSR count). The van der Waals surface area contributed by atoms with Gasteiger partial charge in [-0.05, 0) is 18.6 Å². The molecule has 0 bridgehead atoms. The van der Waals surface area contributed by atoms with Crippen LogP contribution in [0, 0.1) is 6.92 Å². The molecule has 0 aliphatic heterocycles. The number of hydrogen-bond acceptors (Lipinski definition) is 4. The minimum absolute atomic E-state index is 0.0620. The van der Waals surface area contributed by atoms with Gasteiger partial charge in [-0.25, -0.2) is 9.97 Å². The van der Waals surface area contributed by atoms with Crippen LogP contribution in [-0.2, 0) is 0 Å². The first-order valence-electron chi connectivity index (χ1n) is 7.34. The highest BCUT2D eigenvalue weighted by Gasteiger charge is 2.24. The van der Waals surface area contributed by atoms with Gasteiger partial charge < -0.3 is 0 Å². The van der Waals surface area contributed by atoms with Gasteiger partial charge in [0, 0.05) is 17.5 Å². The second-order valence-electron chi connectivity index (χ2n) is 5.12. The average molecular weight is 320 g/mol. The molecule has 1 aromatic heterocycles. The van der Waals surface area contributed by atoms with Crippen LogP contribution in [0.3, 0.4) is 0 Å². The zero-order valence-electron chi connectivity index (χ0n) is 12.7. The zero-order valence-corrected chi connectivity index (χ0v) is 13.5. The molecular formula is C19H16N2OS. The van der Waals surface area contributed by atoms with Gasteiger partial charge in [0.15, 0.2) is 10.9 Å². The van der Waals surface area contributed by atoms with E-state index in [1.807, 2.05) is 73.7 Å². The molecule has 0 N–H and O–H groups in total. The smallest absolute Gasteiger partial charge is 0.188 e. The maximum absolute atomic E-state index is 13.0. The van der Waals surface area contributed by atoms with Crippen molar-refractivity contribution in [1.29, 1.82) is 0 Å². The molecule has 0 aliphatic rings. The lowest BCUT2D eigenvalue weighted by molar-refractivity contribution is 0.0989. The molecule has 1 heterocycles. The summed E-state index contributed by atoms with van der Waals surface area (Å²) in [5, 5.41) is 0.253. The van der Waals surface area contributed by atoms with E-state index in [4.69, 9.17) is 0 Å². The Kier molecular flexibility index (Phi) is 4.83. The number of hydrogen-bond donors (Lipinski definition) is 0. The first-order chi connectivity index (χ1) is 11.2. The second-order valence-corrected chi connectivity index (χ2v) is 6.19. The summed E-state index contributed by atoms with van der Waals surface area (Å²) < 4.78 is 0. The number of rotatable bonds is 5.